The van der Waals surface area contributed by atoms with Gasteiger partial charge in [-0.05, 0) is 24.3 Å². The fourth-order valence-corrected chi connectivity index (χ4v) is 1.95. The molecule has 0 radical (unpaired) electrons. The van der Waals surface area contributed by atoms with E-state index in [9.17, 15) is 4.79 Å². The normalized spacial score (nSPS) is 10.5. The fraction of sp³-hybridized carbons (Fsp3) is 0. The first-order valence-corrected chi connectivity index (χ1v) is 5.77. The number of hydrogen-bond donors (Lipinski definition) is 2. The molecule has 0 aliphatic rings. The Bertz CT molecular complexity index is 749. The molecule has 1 aromatic heterocycles. The van der Waals surface area contributed by atoms with Gasteiger partial charge in [-0.3, -0.25) is 5.43 Å². The monoisotopic (exact) mass is 253 g/mol. The molecule has 0 atom stereocenters. The number of carboxylic acids is 1. The molecule has 0 amide bonds. The second kappa shape index (κ2) is 4.45. The molecule has 3 rings (SSSR count). The first kappa shape index (κ1) is 11.3. The Morgan fingerprint density at radius 2 is 1.84 bits per heavy atom. The van der Waals surface area contributed by atoms with Gasteiger partial charge in [0.05, 0.1) is 22.3 Å². The van der Waals surface area contributed by atoms with Crippen LogP contribution in [0.4, 0.5) is 5.69 Å². The fourth-order valence-electron chi connectivity index (χ4n) is 1.95. The molecule has 0 saturated carbocycles. The number of carbonyl (C=O) groups is 1. The van der Waals surface area contributed by atoms with Crippen LogP contribution in [0.3, 0.4) is 0 Å². The summed E-state index contributed by atoms with van der Waals surface area (Å²) in [7, 11) is 0. The predicted molar refractivity (Wildman–Crippen MR) is 72.2 cm³/mol. The van der Waals surface area contributed by atoms with Crippen molar-refractivity contribution in [3.63, 3.8) is 0 Å². The second-order valence-corrected chi connectivity index (χ2v) is 4.07. The molecule has 0 fully saturated rings. The lowest BCUT2D eigenvalue weighted by Gasteiger charge is -2.10. The minimum Gasteiger partial charge on any atom is -0.478 e. The summed E-state index contributed by atoms with van der Waals surface area (Å²) in [4.78, 5) is 15.4. The third-order valence-electron chi connectivity index (χ3n) is 2.85. The number of carboxylic acid groups (broad SMARTS) is 1. The lowest BCUT2D eigenvalue weighted by atomic mass is 10.2. The number of aromatic nitrogens is 2. The van der Waals surface area contributed by atoms with E-state index in [0.717, 1.165) is 11.0 Å². The Labute approximate surface area is 109 Å². The van der Waals surface area contributed by atoms with Gasteiger partial charge in [-0.1, -0.05) is 24.3 Å². The van der Waals surface area contributed by atoms with E-state index >= 15 is 0 Å². The maximum atomic E-state index is 11.1. The van der Waals surface area contributed by atoms with Gasteiger partial charge in [-0.25, -0.2) is 14.5 Å². The van der Waals surface area contributed by atoms with Crippen molar-refractivity contribution in [2.75, 3.05) is 5.43 Å². The van der Waals surface area contributed by atoms with Crippen molar-refractivity contribution in [2.24, 2.45) is 0 Å². The molecule has 3 aromatic rings. The molecule has 1 heterocycles. The van der Waals surface area contributed by atoms with E-state index in [2.05, 4.69) is 10.4 Å². The summed E-state index contributed by atoms with van der Waals surface area (Å²) in [5, 5.41) is 9.14. The van der Waals surface area contributed by atoms with Crippen LogP contribution in [0.1, 0.15) is 10.4 Å². The van der Waals surface area contributed by atoms with Crippen molar-refractivity contribution in [1.29, 1.82) is 0 Å². The van der Waals surface area contributed by atoms with Gasteiger partial charge in [0.25, 0.3) is 0 Å². The second-order valence-electron chi connectivity index (χ2n) is 4.07. The zero-order valence-corrected chi connectivity index (χ0v) is 9.95. The van der Waals surface area contributed by atoms with Crippen LogP contribution in [0.2, 0.25) is 0 Å². The molecule has 0 aliphatic carbocycles. The van der Waals surface area contributed by atoms with Crippen LogP contribution in [0.5, 0.6) is 0 Å². The van der Waals surface area contributed by atoms with E-state index in [1.54, 1.807) is 35.3 Å². The lowest BCUT2D eigenvalue weighted by molar-refractivity contribution is 0.0698. The van der Waals surface area contributed by atoms with E-state index < -0.39 is 5.97 Å². The summed E-state index contributed by atoms with van der Waals surface area (Å²) in [6.45, 7) is 0. The zero-order chi connectivity index (χ0) is 13.2. The van der Waals surface area contributed by atoms with Crippen LogP contribution in [0.25, 0.3) is 11.0 Å². The van der Waals surface area contributed by atoms with Crippen molar-refractivity contribution < 1.29 is 9.90 Å². The number of fused-ring (bicyclic) bond motifs is 1. The molecule has 5 nitrogen and oxygen atoms in total. The van der Waals surface area contributed by atoms with Gasteiger partial charge >= 0.3 is 5.97 Å². The number of anilines is 1. The Hall–Kier alpha value is -2.82. The minimum absolute atomic E-state index is 0.222. The van der Waals surface area contributed by atoms with Crippen molar-refractivity contribution >= 4 is 22.7 Å². The van der Waals surface area contributed by atoms with E-state index in [4.69, 9.17) is 5.11 Å². The molecule has 2 aromatic carbocycles. The zero-order valence-electron chi connectivity index (χ0n) is 9.95. The molecule has 0 spiro atoms. The smallest absolute Gasteiger partial charge is 0.337 e. The molecular weight excluding hydrogens is 242 g/mol. The number of hydrogen-bond acceptors (Lipinski definition) is 3. The molecule has 94 valence electrons. The van der Waals surface area contributed by atoms with Gasteiger partial charge in [0.1, 0.15) is 6.33 Å². The summed E-state index contributed by atoms with van der Waals surface area (Å²) in [6, 6.07) is 14.4. The number of nitrogens with one attached hydrogen (secondary N) is 1. The van der Waals surface area contributed by atoms with Gasteiger partial charge < -0.3 is 5.11 Å². The molecule has 2 N–H and O–H groups in total. The average Bonchev–Trinajstić information content (AvgIpc) is 2.83. The number of rotatable bonds is 3. The number of nitrogens with zero attached hydrogens (tertiary/aromatic N) is 2. The standard InChI is InChI=1S/C14H11N3O2/c18-14(19)10-5-1-2-6-11(10)16-17-9-15-12-7-3-4-8-13(12)17/h1-9,16H,(H,18,19). The van der Waals surface area contributed by atoms with Crippen molar-refractivity contribution in [3.05, 3.63) is 60.4 Å². The van der Waals surface area contributed by atoms with Crippen molar-refractivity contribution in [2.45, 2.75) is 0 Å². The topological polar surface area (TPSA) is 67.2 Å². The summed E-state index contributed by atoms with van der Waals surface area (Å²) >= 11 is 0. The van der Waals surface area contributed by atoms with Crippen LogP contribution in [-0.2, 0) is 0 Å². The van der Waals surface area contributed by atoms with Gasteiger partial charge in [-0.15, -0.1) is 0 Å². The first-order chi connectivity index (χ1) is 9.25. The quantitative estimate of drug-likeness (QED) is 0.753. The van der Waals surface area contributed by atoms with Crippen LogP contribution >= 0.6 is 0 Å². The first-order valence-electron chi connectivity index (χ1n) is 5.77. The molecular formula is C14H11N3O2. The van der Waals surface area contributed by atoms with Crippen LogP contribution < -0.4 is 5.43 Å². The highest BCUT2D eigenvalue weighted by atomic mass is 16.4. The van der Waals surface area contributed by atoms with Gasteiger partial charge in [0.2, 0.25) is 0 Å². The highest BCUT2D eigenvalue weighted by Crippen LogP contribution is 2.18. The lowest BCUT2D eigenvalue weighted by Crippen LogP contribution is -2.11. The molecule has 0 bridgehead atoms. The summed E-state index contributed by atoms with van der Waals surface area (Å²) < 4.78 is 1.71. The predicted octanol–water partition coefficient (Wildman–Crippen LogP) is 2.61. The van der Waals surface area contributed by atoms with E-state index in [0.29, 0.717) is 5.69 Å². The van der Waals surface area contributed by atoms with E-state index in [1.165, 1.54) is 0 Å². The Kier molecular flexibility index (Phi) is 2.64. The SMILES string of the molecule is O=C(O)c1ccccc1Nn1cnc2ccccc21. The number of benzene rings is 2. The van der Waals surface area contributed by atoms with Crippen LogP contribution in [0.15, 0.2) is 54.9 Å². The molecule has 19 heavy (non-hydrogen) atoms. The third-order valence-corrected chi connectivity index (χ3v) is 2.85. The molecule has 0 aliphatic heterocycles. The van der Waals surface area contributed by atoms with E-state index in [-0.39, 0.29) is 5.56 Å². The largest absolute Gasteiger partial charge is 0.478 e. The summed E-state index contributed by atoms with van der Waals surface area (Å²) in [5.41, 5.74) is 5.54. The Balaban J connectivity index is 2.04. The highest BCUT2D eigenvalue weighted by molar-refractivity contribution is 5.94. The minimum atomic E-state index is -0.965. The van der Waals surface area contributed by atoms with Crippen LogP contribution in [0, 0.1) is 0 Å². The Morgan fingerprint density at radius 3 is 2.68 bits per heavy atom. The number of para-hydroxylation sites is 3. The molecule has 0 unspecified atom stereocenters. The van der Waals surface area contributed by atoms with E-state index in [1.807, 2.05) is 24.3 Å². The number of aromatic carboxylic acids is 1. The maximum absolute atomic E-state index is 11.1. The number of imidazole rings is 1. The summed E-state index contributed by atoms with van der Waals surface area (Å²) in [6.07, 6.45) is 1.63. The van der Waals surface area contributed by atoms with Gasteiger partial charge in [0, 0.05) is 0 Å². The summed E-state index contributed by atoms with van der Waals surface area (Å²) in [5.74, 6) is -0.965. The van der Waals surface area contributed by atoms with Crippen LogP contribution in [-0.4, -0.2) is 20.7 Å². The third kappa shape index (κ3) is 2.01. The average molecular weight is 253 g/mol. The highest BCUT2D eigenvalue weighted by Gasteiger charge is 2.10. The van der Waals surface area contributed by atoms with Crippen molar-refractivity contribution in [3.8, 4) is 0 Å². The molecule has 0 saturated heterocycles. The maximum Gasteiger partial charge on any atom is 0.337 e. The van der Waals surface area contributed by atoms with Gasteiger partial charge in [0.15, 0.2) is 0 Å². The van der Waals surface area contributed by atoms with Gasteiger partial charge in [-0.2, -0.15) is 0 Å². The Morgan fingerprint density at radius 1 is 1.11 bits per heavy atom. The van der Waals surface area contributed by atoms with Crippen molar-refractivity contribution in [1.82, 2.24) is 9.66 Å². The molecule has 5 heteroatoms.